The standard InChI is InChI=1S/C13H14F2N6O2S/c1-7-9-4-8(5-16-13(9)21(3)17-7)24(22,23)19-10-6-20(2)18-11(10)12(14)15/h4-6,12,19H,1-3H3. The molecule has 3 aromatic heterocycles. The minimum atomic E-state index is -4.09. The summed E-state index contributed by atoms with van der Waals surface area (Å²) in [4.78, 5) is 3.94. The molecule has 24 heavy (non-hydrogen) atoms. The average Bonchev–Trinajstić information content (AvgIpc) is 2.99. The van der Waals surface area contributed by atoms with E-state index in [0.29, 0.717) is 16.7 Å². The van der Waals surface area contributed by atoms with Gasteiger partial charge in [-0.2, -0.15) is 10.2 Å². The summed E-state index contributed by atoms with van der Waals surface area (Å²) < 4.78 is 55.7. The molecule has 0 saturated heterocycles. The van der Waals surface area contributed by atoms with Gasteiger partial charge in [0.2, 0.25) is 0 Å². The van der Waals surface area contributed by atoms with E-state index >= 15 is 0 Å². The Morgan fingerprint density at radius 1 is 1.25 bits per heavy atom. The topological polar surface area (TPSA) is 94.7 Å². The molecule has 0 atom stereocenters. The van der Waals surface area contributed by atoms with E-state index in [9.17, 15) is 17.2 Å². The summed E-state index contributed by atoms with van der Waals surface area (Å²) >= 11 is 0. The van der Waals surface area contributed by atoms with Gasteiger partial charge in [0.1, 0.15) is 4.90 Å². The van der Waals surface area contributed by atoms with E-state index < -0.39 is 22.1 Å². The molecule has 128 valence electrons. The van der Waals surface area contributed by atoms with Gasteiger partial charge in [0.05, 0.1) is 11.4 Å². The normalized spacial score (nSPS) is 12.2. The molecule has 0 radical (unpaired) electrons. The molecule has 0 fully saturated rings. The highest BCUT2D eigenvalue weighted by Crippen LogP contribution is 2.28. The van der Waals surface area contributed by atoms with Crippen molar-refractivity contribution >= 4 is 26.7 Å². The van der Waals surface area contributed by atoms with Crippen LogP contribution in [0, 0.1) is 6.92 Å². The number of sulfonamides is 1. The molecule has 0 saturated carbocycles. The number of nitrogens with one attached hydrogen (secondary N) is 1. The third-order valence-electron chi connectivity index (χ3n) is 3.46. The fraction of sp³-hybridized carbons (Fsp3) is 0.308. The van der Waals surface area contributed by atoms with Crippen molar-refractivity contribution in [3.8, 4) is 0 Å². The second kappa shape index (κ2) is 5.51. The Morgan fingerprint density at radius 2 is 1.96 bits per heavy atom. The monoisotopic (exact) mass is 356 g/mol. The van der Waals surface area contributed by atoms with E-state index in [0.717, 1.165) is 10.9 Å². The first-order valence-electron chi connectivity index (χ1n) is 6.83. The van der Waals surface area contributed by atoms with Gasteiger partial charge in [-0.25, -0.2) is 22.2 Å². The average molecular weight is 356 g/mol. The smallest absolute Gasteiger partial charge is 0.276 e. The fourth-order valence-corrected chi connectivity index (χ4v) is 3.41. The van der Waals surface area contributed by atoms with E-state index in [1.807, 2.05) is 0 Å². The first-order chi connectivity index (χ1) is 11.2. The molecule has 0 bridgehead atoms. The van der Waals surface area contributed by atoms with Crippen molar-refractivity contribution in [2.24, 2.45) is 14.1 Å². The van der Waals surface area contributed by atoms with E-state index in [1.165, 1.54) is 24.0 Å². The number of halogens is 2. The Labute approximate surface area is 136 Å². The van der Waals surface area contributed by atoms with Crippen LogP contribution >= 0.6 is 0 Å². The van der Waals surface area contributed by atoms with E-state index in [4.69, 9.17) is 0 Å². The van der Waals surface area contributed by atoms with E-state index in [-0.39, 0.29) is 10.6 Å². The SMILES string of the molecule is Cc1nn(C)c2ncc(S(=O)(=O)Nc3cn(C)nc3C(F)F)cc12. The largest absolute Gasteiger partial charge is 0.284 e. The van der Waals surface area contributed by atoms with Crippen molar-refractivity contribution < 1.29 is 17.2 Å². The molecular weight excluding hydrogens is 342 g/mol. The zero-order valence-corrected chi connectivity index (χ0v) is 13.8. The van der Waals surface area contributed by atoms with Crippen molar-refractivity contribution in [1.82, 2.24) is 24.5 Å². The molecule has 1 N–H and O–H groups in total. The van der Waals surface area contributed by atoms with Crippen LogP contribution in [0.2, 0.25) is 0 Å². The predicted octanol–water partition coefficient (Wildman–Crippen LogP) is 1.75. The third kappa shape index (κ3) is 2.70. The Kier molecular flexibility index (Phi) is 3.74. The highest BCUT2D eigenvalue weighted by Gasteiger charge is 2.24. The molecule has 0 aliphatic rings. The zero-order valence-electron chi connectivity index (χ0n) is 13.0. The van der Waals surface area contributed by atoms with E-state index in [2.05, 4.69) is 19.9 Å². The Morgan fingerprint density at radius 3 is 2.62 bits per heavy atom. The first kappa shape index (κ1) is 16.3. The van der Waals surface area contributed by atoms with E-state index in [1.54, 1.807) is 14.0 Å². The van der Waals surface area contributed by atoms with Crippen molar-refractivity contribution in [1.29, 1.82) is 0 Å². The number of nitrogens with zero attached hydrogens (tertiary/aromatic N) is 5. The molecule has 3 heterocycles. The molecule has 8 nitrogen and oxygen atoms in total. The molecule has 0 aliphatic carbocycles. The van der Waals surface area contributed by atoms with Crippen LogP contribution in [0.15, 0.2) is 23.4 Å². The zero-order chi connectivity index (χ0) is 17.6. The molecule has 0 aliphatic heterocycles. The van der Waals surface area contributed by atoms with Gasteiger partial charge in [0.15, 0.2) is 11.3 Å². The lowest BCUT2D eigenvalue weighted by Crippen LogP contribution is -2.14. The van der Waals surface area contributed by atoms with Crippen molar-refractivity contribution in [3.63, 3.8) is 0 Å². The molecule has 3 aromatic rings. The van der Waals surface area contributed by atoms with Gasteiger partial charge in [-0.1, -0.05) is 0 Å². The minimum Gasteiger partial charge on any atom is -0.276 e. The van der Waals surface area contributed by atoms with Crippen molar-refractivity contribution in [2.45, 2.75) is 18.2 Å². The van der Waals surface area contributed by atoms with Crippen LogP contribution in [0.25, 0.3) is 11.0 Å². The van der Waals surface area contributed by atoms with Crippen molar-refractivity contribution in [2.75, 3.05) is 4.72 Å². The Bertz CT molecular complexity index is 1020. The summed E-state index contributed by atoms with van der Waals surface area (Å²) in [5.74, 6) is 0. The van der Waals surface area contributed by atoms with Gasteiger partial charge < -0.3 is 0 Å². The Balaban J connectivity index is 2.04. The summed E-state index contributed by atoms with van der Waals surface area (Å²) in [7, 11) is -0.971. The van der Waals surface area contributed by atoms with Gasteiger partial charge in [0.25, 0.3) is 16.4 Å². The number of hydrogen-bond acceptors (Lipinski definition) is 5. The molecular formula is C13H14F2N6O2S. The molecule has 0 spiro atoms. The maximum absolute atomic E-state index is 12.9. The van der Waals surface area contributed by atoms with Crippen LogP contribution in [-0.4, -0.2) is 33.0 Å². The highest BCUT2D eigenvalue weighted by molar-refractivity contribution is 7.92. The summed E-state index contributed by atoms with van der Waals surface area (Å²) in [6.07, 6.45) is -0.560. The summed E-state index contributed by atoms with van der Waals surface area (Å²) in [5, 5.41) is 8.30. The predicted molar refractivity (Wildman–Crippen MR) is 82.2 cm³/mol. The Hall–Kier alpha value is -2.56. The van der Waals surface area contributed by atoms with Crippen LogP contribution in [0.3, 0.4) is 0 Å². The number of hydrogen-bond donors (Lipinski definition) is 1. The molecule has 0 unspecified atom stereocenters. The number of anilines is 1. The fourth-order valence-electron chi connectivity index (χ4n) is 2.38. The summed E-state index contributed by atoms with van der Waals surface area (Å²) in [6.45, 7) is 1.73. The van der Waals surface area contributed by atoms with Crippen molar-refractivity contribution in [3.05, 3.63) is 29.8 Å². The maximum atomic E-state index is 12.9. The van der Waals surface area contributed by atoms with Crippen LogP contribution in [0.5, 0.6) is 0 Å². The number of rotatable bonds is 4. The van der Waals surface area contributed by atoms with Gasteiger partial charge in [-0.05, 0) is 13.0 Å². The number of pyridine rings is 1. The lowest BCUT2D eigenvalue weighted by molar-refractivity contribution is 0.146. The lowest BCUT2D eigenvalue weighted by Gasteiger charge is -2.07. The highest BCUT2D eigenvalue weighted by atomic mass is 32.2. The maximum Gasteiger partial charge on any atom is 0.284 e. The summed E-state index contributed by atoms with van der Waals surface area (Å²) in [5.41, 5.74) is 0.246. The third-order valence-corrected chi connectivity index (χ3v) is 4.79. The van der Waals surface area contributed by atoms with Crippen LogP contribution in [-0.2, 0) is 24.1 Å². The summed E-state index contributed by atoms with van der Waals surface area (Å²) in [6, 6.07) is 1.41. The molecule has 0 amide bonds. The van der Waals surface area contributed by atoms with Crippen LogP contribution in [0.4, 0.5) is 14.5 Å². The van der Waals surface area contributed by atoms with Gasteiger partial charge in [-0.3, -0.25) is 14.1 Å². The number of aromatic nitrogens is 5. The molecule has 11 heteroatoms. The quantitative estimate of drug-likeness (QED) is 0.768. The first-order valence-corrected chi connectivity index (χ1v) is 8.31. The molecule has 0 aromatic carbocycles. The minimum absolute atomic E-state index is 0.143. The number of aryl methyl sites for hydroxylation is 3. The number of alkyl halides is 2. The second-order valence-electron chi connectivity index (χ2n) is 5.26. The number of fused-ring (bicyclic) bond motifs is 1. The lowest BCUT2D eigenvalue weighted by atomic mass is 10.3. The van der Waals surface area contributed by atoms with Crippen LogP contribution < -0.4 is 4.72 Å². The van der Waals surface area contributed by atoms with Gasteiger partial charge in [0, 0.05) is 31.9 Å². The van der Waals surface area contributed by atoms with Gasteiger partial charge >= 0.3 is 0 Å². The second-order valence-corrected chi connectivity index (χ2v) is 6.94. The van der Waals surface area contributed by atoms with Crippen LogP contribution in [0.1, 0.15) is 17.8 Å². The molecule has 3 rings (SSSR count). The van der Waals surface area contributed by atoms with Gasteiger partial charge in [-0.15, -0.1) is 0 Å².